The quantitative estimate of drug-likeness (QED) is 0.195. The molecule has 14 nitrogen and oxygen atoms in total. The van der Waals surface area contributed by atoms with Gasteiger partial charge in [-0.2, -0.15) is 0 Å². The molecule has 0 unspecified atom stereocenters. The largest absolute Gasteiger partial charge is 0.453 e. The maximum absolute atomic E-state index is 13.9. The minimum atomic E-state index is -0.917. The number of H-pyrrole nitrogens is 2. The van der Waals surface area contributed by atoms with Crippen LogP contribution < -0.4 is 5.32 Å². The average molecular weight is 765 g/mol. The molecule has 4 aromatic rings. The molecule has 8 rings (SSSR count). The number of likely N-dealkylation sites (N-methyl/N-ethyl adjacent to an activating group) is 1. The van der Waals surface area contributed by atoms with Crippen molar-refractivity contribution in [3.63, 3.8) is 0 Å². The molecule has 14 heteroatoms. The van der Waals surface area contributed by atoms with Crippen LogP contribution in [0.25, 0.3) is 33.6 Å². The molecule has 0 radical (unpaired) electrons. The number of ether oxygens (including phenoxy) is 3. The van der Waals surface area contributed by atoms with E-state index < -0.39 is 24.0 Å². The first-order valence-electron chi connectivity index (χ1n) is 19.8. The van der Waals surface area contributed by atoms with Crippen LogP contribution in [0.3, 0.4) is 0 Å². The predicted molar refractivity (Wildman–Crippen MR) is 209 cm³/mol. The van der Waals surface area contributed by atoms with E-state index in [0.29, 0.717) is 25.5 Å². The SMILES string of the molecule is COC(=O)N[C@H](C(=O)N1CC2(C[C@H]1c1ncc(-c3ccc(-c4ccc(-c5cnc([C@@H]6CC[C@@H]7CCC[C@H](N(C)C)C(=O)N76)[nH]5)cc4)cc3)[nH]1)OCCO2)C(C)C. The summed E-state index contributed by atoms with van der Waals surface area (Å²) in [6.07, 6.45) is 8.39. The number of alkyl carbamates (subject to hydrolysis) is 1. The van der Waals surface area contributed by atoms with Crippen LogP contribution in [-0.2, 0) is 23.8 Å². The number of carbonyl (C=O) groups excluding carboxylic acids is 3. The lowest BCUT2D eigenvalue weighted by molar-refractivity contribution is -0.153. The molecule has 3 amide bonds. The number of nitrogens with one attached hydrogen (secondary N) is 3. The Morgan fingerprint density at radius 1 is 0.857 bits per heavy atom. The molecular weight excluding hydrogens is 713 g/mol. The summed E-state index contributed by atoms with van der Waals surface area (Å²) in [4.78, 5) is 62.1. The molecule has 0 bridgehead atoms. The van der Waals surface area contributed by atoms with Crippen molar-refractivity contribution in [1.29, 1.82) is 0 Å². The number of hydrogen-bond donors (Lipinski definition) is 3. The van der Waals surface area contributed by atoms with E-state index in [9.17, 15) is 14.4 Å². The Balaban J connectivity index is 0.958. The van der Waals surface area contributed by atoms with Gasteiger partial charge in [0.1, 0.15) is 17.7 Å². The first kappa shape index (κ1) is 37.9. The Morgan fingerprint density at radius 2 is 1.43 bits per heavy atom. The van der Waals surface area contributed by atoms with Gasteiger partial charge in [0.2, 0.25) is 11.8 Å². The van der Waals surface area contributed by atoms with Crippen LogP contribution in [0.15, 0.2) is 60.9 Å². The second-order valence-corrected chi connectivity index (χ2v) is 16.1. The Labute approximate surface area is 327 Å². The fourth-order valence-electron chi connectivity index (χ4n) is 8.98. The molecule has 3 N–H and O–H groups in total. The maximum Gasteiger partial charge on any atom is 0.407 e. The van der Waals surface area contributed by atoms with E-state index in [-0.39, 0.29) is 42.4 Å². The van der Waals surface area contributed by atoms with E-state index in [0.717, 1.165) is 71.6 Å². The summed E-state index contributed by atoms with van der Waals surface area (Å²) in [6, 6.07) is 15.6. The van der Waals surface area contributed by atoms with Crippen molar-refractivity contribution in [1.82, 2.24) is 40.0 Å². The molecule has 1 spiro atoms. The van der Waals surface area contributed by atoms with Gasteiger partial charge >= 0.3 is 6.09 Å². The number of rotatable bonds is 9. The number of amides is 3. The summed E-state index contributed by atoms with van der Waals surface area (Å²) >= 11 is 0. The van der Waals surface area contributed by atoms with Crippen LogP contribution in [0.5, 0.6) is 0 Å². The normalized spacial score (nSPS) is 23.9. The van der Waals surface area contributed by atoms with Gasteiger partial charge in [-0.15, -0.1) is 0 Å². The second kappa shape index (κ2) is 15.5. The van der Waals surface area contributed by atoms with Gasteiger partial charge in [0.05, 0.1) is 68.8 Å². The summed E-state index contributed by atoms with van der Waals surface area (Å²) in [6.45, 7) is 4.89. The number of fused-ring (bicyclic) bond motifs is 1. The molecule has 0 aliphatic carbocycles. The smallest absolute Gasteiger partial charge is 0.407 e. The van der Waals surface area contributed by atoms with Crippen molar-refractivity contribution in [3.05, 3.63) is 72.6 Å². The van der Waals surface area contributed by atoms with E-state index in [1.165, 1.54) is 7.11 Å². The minimum Gasteiger partial charge on any atom is -0.453 e. The van der Waals surface area contributed by atoms with Gasteiger partial charge in [-0.25, -0.2) is 14.8 Å². The molecule has 56 heavy (non-hydrogen) atoms. The highest BCUT2D eigenvalue weighted by Gasteiger charge is 2.53. The summed E-state index contributed by atoms with van der Waals surface area (Å²) in [5.74, 6) is 0.363. The third kappa shape index (κ3) is 7.21. The zero-order chi connectivity index (χ0) is 39.1. The van der Waals surface area contributed by atoms with Gasteiger partial charge in [0.25, 0.3) is 0 Å². The lowest BCUT2D eigenvalue weighted by atomic mass is 10.0. The van der Waals surface area contributed by atoms with Gasteiger partial charge in [0.15, 0.2) is 5.79 Å². The molecule has 2 aromatic heterocycles. The first-order valence-corrected chi connectivity index (χ1v) is 19.8. The molecule has 4 saturated heterocycles. The van der Waals surface area contributed by atoms with E-state index in [1.807, 2.05) is 34.1 Å². The highest BCUT2D eigenvalue weighted by atomic mass is 16.7. The Morgan fingerprint density at radius 3 is 1.98 bits per heavy atom. The van der Waals surface area contributed by atoms with Gasteiger partial charge in [-0.3, -0.25) is 14.5 Å². The first-order chi connectivity index (χ1) is 27.0. The van der Waals surface area contributed by atoms with Crippen molar-refractivity contribution >= 4 is 17.9 Å². The predicted octanol–water partition coefficient (Wildman–Crippen LogP) is 5.68. The van der Waals surface area contributed by atoms with Crippen molar-refractivity contribution in [2.45, 2.75) is 88.4 Å². The molecule has 4 aliphatic rings. The molecule has 0 saturated carbocycles. The topological polar surface area (TPSA) is 158 Å². The molecule has 2 aromatic carbocycles. The number of methoxy groups -OCH3 is 1. The van der Waals surface area contributed by atoms with Crippen LogP contribution in [0.1, 0.15) is 76.1 Å². The number of aromatic amines is 2. The summed E-state index contributed by atoms with van der Waals surface area (Å²) < 4.78 is 16.8. The number of benzene rings is 2. The van der Waals surface area contributed by atoms with Crippen LogP contribution in [0, 0.1) is 5.92 Å². The van der Waals surface area contributed by atoms with Gasteiger partial charge in [0, 0.05) is 12.5 Å². The Bertz CT molecular complexity index is 2040. The summed E-state index contributed by atoms with van der Waals surface area (Å²) in [5, 5.41) is 2.70. The van der Waals surface area contributed by atoms with Gasteiger partial charge < -0.3 is 39.3 Å². The van der Waals surface area contributed by atoms with Crippen molar-refractivity contribution in [2.24, 2.45) is 5.92 Å². The molecule has 4 aliphatic heterocycles. The lowest BCUT2D eigenvalue weighted by Gasteiger charge is -2.32. The Kier molecular flexibility index (Phi) is 10.5. The monoisotopic (exact) mass is 764 g/mol. The minimum absolute atomic E-state index is 0.0235. The average Bonchev–Trinajstić information content (AvgIpc) is 4.05. The van der Waals surface area contributed by atoms with E-state index >= 15 is 0 Å². The van der Waals surface area contributed by atoms with Crippen molar-refractivity contribution < 1.29 is 28.6 Å². The molecule has 6 heterocycles. The molecule has 296 valence electrons. The molecule has 5 atom stereocenters. The maximum atomic E-state index is 13.9. The molecular formula is C42H52N8O6. The van der Waals surface area contributed by atoms with Crippen molar-refractivity contribution in [3.8, 4) is 33.6 Å². The zero-order valence-corrected chi connectivity index (χ0v) is 32.8. The van der Waals surface area contributed by atoms with Crippen LogP contribution in [0.2, 0.25) is 0 Å². The molecule has 4 fully saturated rings. The third-order valence-corrected chi connectivity index (χ3v) is 12.0. The second-order valence-electron chi connectivity index (χ2n) is 16.1. The number of imidazole rings is 2. The van der Waals surface area contributed by atoms with Crippen molar-refractivity contribution in [2.75, 3.05) is 41.0 Å². The number of nitrogens with zero attached hydrogens (tertiary/aromatic N) is 5. The highest BCUT2D eigenvalue weighted by Crippen LogP contribution is 2.43. The zero-order valence-electron chi connectivity index (χ0n) is 32.8. The van der Waals surface area contributed by atoms with Crippen LogP contribution in [0.4, 0.5) is 4.79 Å². The summed E-state index contributed by atoms with van der Waals surface area (Å²) in [5.41, 5.74) is 5.89. The van der Waals surface area contributed by atoms with E-state index in [4.69, 9.17) is 24.2 Å². The van der Waals surface area contributed by atoms with E-state index in [1.54, 1.807) is 11.1 Å². The standard InChI is InChI=1S/C42H52N8O6/c1-25(2)36(47-41(53)54-5)40(52)49-24-42(55-19-20-56-42)21-35(49)38-44-23-32(46-38)29-15-11-27(12-16-29)26-9-13-28(14-10-26)31-22-43-37(45-31)33-18-17-30-7-6-8-34(48(3)4)39(51)50(30)33/h9-16,22-23,25,30,33-36H,6-8,17-21,24H2,1-5H3,(H,43,45)(H,44,46)(H,47,53)/t30-,33-,34-,35-,36-/m0/s1. The van der Waals surface area contributed by atoms with Crippen LogP contribution in [-0.4, -0.2) is 117 Å². The summed E-state index contributed by atoms with van der Waals surface area (Å²) in [7, 11) is 5.27. The number of likely N-dealkylation sites (tertiary alicyclic amines) is 1. The van der Waals surface area contributed by atoms with Gasteiger partial charge in [-0.1, -0.05) is 62.4 Å². The number of carbonyl (C=O) groups is 3. The third-order valence-electron chi connectivity index (χ3n) is 12.0. The fourth-order valence-corrected chi connectivity index (χ4v) is 8.98. The number of hydrogen-bond acceptors (Lipinski definition) is 9. The van der Waals surface area contributed by atoms with E-state index in [2.05, 4.69) is 73.6 Å². The lowest BCUT2D eigenvalue weighted by Crippen LogP contribution is -2.52. The van der Waals surface area contributed by atoms with Crippen LogP contribution >= 0.6 is 0 Å². The fraction of sp³-hybridized carbons (Fsp3) is 0.500. The number of aromatic nitrogens is 4. The highest BCUT2D eigenvalue weighted by molar-refractivity contribution is 5.86. The van der Waals surface area contributed by atoms with Gasteiger partial charge in [-0.05, 0) is 74.4 Å². The Hall–Kier alpha value is -5.05.